The molecule has 0 saturated carbocycles. The first-order valence-electron chi connectivity index (χ1n) is 2.23. The topological polar surface area (TPSA) is 59.6 Å². The Bertz CT molecular complexity index is 115. The lowest BCUT2D eigenvalue weighted by atomic mass is 10.6. The molecular weight excluding hydrogens is 90.1 g/mol. The Morgan fingerprint density at radius 1 is 1.43 bits per heavy atom. The van der Waals surface area contributed by atoms with Crippen molar-refractivity contribution in [2.24, 2.45) is 0 Å². The average molecular weight is 96.1 g/mol. The van der Waals surface area contributed by atoms with Gasteiger partial charge < -0.3 is 0 Å². The van der Waals surface area contributed by atoms with Gasteiger partial charge in [0.1, 0.15) is 1.41 Å². The molecule has 0 aromatic carbocycles. The minimum absolute atomic E-state index is 0.00639. The van der Waals surface area contributed by atoms with E-state index in [0.29, 0.717) is 0 Å². The molecule has 0 aliphatic rings. The zero-order valence-corrected chi connectivity index (χ0v) is 3.76. The van der Waals surface area contributed by atoms with Gasteiger partial charge in [-0.2, -0.15) is 10.5 Å². The normalized spacial score (nSPS) is 9.29. The molecule has 3 nitrogen and oxygen atoms in total. The van der Waals surface area contributed by atoms with Crippen LogP contribution in [0.2, 0.25) is 1.41 Å². The Labute approximate surface area is 43.6 Å². The van der Waals surface area contributed by atoms with Gasteiger partial charge in [-0.15, -0.1) is 0 Å². The van der Waals surface area contributed by atoms with Crippen LogP contribution in [-0.2, 0) is 0 Å². The van der Waals surface area contributed by atoms with Gasteiger partial charge in [0.05, 0.1) is 25.2 Å². The van der Waals surface area contributed by atoms with Gasteiger partial charge in [-0.05, 0) is 0 Å². The summed E-state index contributed by atoms with van der Waals surface area (Å²) in [6, 6.07) is 3.48. The van der Waals surface area contributed by atoms with Crippen LogP contribution in [0.15, 0.2) is 0 Å². The molecule has 0 heterocycles. The molecule has 0 unspecified atom stereocenters. The zero-order valence-electron chi connectivity index (χ0n) is 4.76. The molecule has 1 N–H and O–H groups in total. The second-order valence-electron chi connectivity index (χ2n) is 0.856. The van der Waals surface area contributed by atoms with Gasteiger partial charge in [0.25, 0.3) is 0 Å². The summed E-state index contributed by atoms with van der Waals surface area (Å²) >= 11 is 0. The van der Waals surface area contributed by atoms with E-state index in [1.54, 1.807) is 12.1 Å². The summed E-state index contributed by atoms with van der Waals surface area (Å²) in [5, 5.41) is 16.8. The lowest BCUT2D eigenvalue weighted by molar-refractivity contribution is 0.857. The van der Waals surface area contributed by atoms with Crippen LogP contribution >= 0.6 is 0 Å². The van der Waals surface area contributed by atoms with Gasteiger partial charge in [0.15, 0.2) is 0 Å². The number of nitriles is 2. The van der Waals surface area contributed by atoms with E-state index in [1.165, 1.54) is 0 Å². The first-order valence-corrected chi connectivity index (χ1v) is 1.79. The lowest BCUT2D eigenvalue weighted by Gasteiger charge is -1.82. The standard InChI is InChI=1S/C4H5N3/c5-1-3-7-4-2-6/h7H,3-4H2/i/hD. The molecule has 0 aromatic heterocycles. The first-order chi connectivity index (χ1) is 3.81. The van der Waals surface area contributed by atoms with Gasteiger partial charge in [0, 0.05) is 0 Å². The molecule has 0 amide bonds. The van der Waals surface area contributed by atoms with Crippen molar-refractivity contribution in [2.75, 3.05) is 13.1 Å². The number of nitrogens with one attached hydrogen (secondary N) is 1. The van der Waals surface area contributed by atoms with Crippen molar-refractivity contribution in [2.45, 2.75) is 0 Å². The molecule has 36 valence electrons. The van der Waals surface area contributed by atoms with Crippen LogP contribution in [-0.4, -0.2) is 13.1 Å². The van der Waals surface area contributed by atoms with E-state index in [4.69, 9.17) is 11.9 Å². The Morgan fingerprint density at radius 2 is 1.86 bits per heavy atom. The molecule has 0 aliphatic heterocycles. The van der Waals surface area contributed by atoms with Crippen molar-refractivity contribution in [1.29, 1.82) is 10.5 Å². The van der Waals surface area contributed by atoms with Crippen molar-refractivity contribution in [3.63, 3.8) is 0 Å². The highest BCUT2D eigenvalue weighted by molar-refractivity contribution is 4.79. The third kappa shape index (κ3) is 4.94. The van der Waals surface area contributed by atoms with Crippen LogP contribution in [0.1, 0.15) is 0 Å². The number of hydrogen-bond donors (Lipinski definition) is 1. The number of hydrogen-bond acceptors (Lipinski definition) is 3. The van der Waals surface area contributed by atoms with E-state index in [2.05, 4.69) is 0 Å². The molecule has 0 fully saturated rings. The fourth-order valence-corrected chi connectivity index (χ4v) is 0.156. The average Bonchev–Trinajstić information content (AvgIpc) is 1.68. The molecule has 0 spiro atoms. The molecule has 0 saturated heterocycles. The summed E-state index contributed by atoms with van der Waals surface area (Å²) < 4.78 is 6.76. The summed E-state index contributed by atoms with van der Waals surface area (Å²) in [5.74, 6) is 0. The number of nitrogens with zero attached hydrogens (tertiary/aromatic N) is 2. The predicted molar refractivity (Wildman–Crippen MR) is 24.1 cm³/mol. The Kier molecular flexibility index (Phi) is 2.90. The lowest BCUT2D eigenvalue weighted by Crippen LogP contribution is -2.12. The van der Waals surface area contributed by atoms with Gasteiger partial charge >= 0.3 is 0 Å². The quantitative estimate of drug-likeness (QED) is 0.477. The van der Waals surface area contributed by atoms with Crippen molar-refractivity contribution < 1.29 is 1.41 Å². The molecule has 0 bridgehead atoms. The van der Waals surface area contributed by atoms with Crippen LogP contribution in [0.5, 0.6) is 0 Å². The Hall–Kier alpha value is -1.06. The van der Waals surface area contributed by atoms with Gasteiger partial charge in [0.2, 0.25) is 0 Å². The highest BCUT2D eigenvalue weighted by Gasteiger charge is 1.74. The van der Waals surface area contributed by atoms with Gasteiger partial charge in [-0.25, -0.2) is 0 Å². The summed E-state index contributed by atoms with van der Waals surface area (Å²) in [4.78, 5) is 0. The minimum atomic E-state index is -0.00639. The summed E-state index contributed by atoms with van der Waals surface area (Å²) in [7, 11) is 0. The smallest absolute Gasteiger partial charge is 0.124 e. The van der Waals surface area contributed by atoms with E-state index in [-0.39, 0.29) is 13.1 Å². The van der Waals surface area contributed by atoms with Crippen LogP contribution in [0.3, 0.4) is 0 Å². The molecule has 0 rings (SSSR count). The predicted octanol–water partition coefficient (Wildman–Crippen LogP) is -0.377. The fraction of sp³-hybridized carbons (Fsp3) is 0.500. The molecule has 0 radical (unpaired) electrons. The minimum Gasteiger partial charge on any atom is -0.292 e. The molecular formula is C4H5N3. The SMILES string of the molecule is [2H]N(CC#N)CC#N. The highest BCUT2D eigenvalue weighted by Crippen LogP contribution is 1.50. The van der Waals surface area contributed by atoms with Crippen molar-refractivity contribution in [3.8, 4) is 12.1 Å². The Balaban J connectivity index is 3.25. The van der Waals surface area contributed by atoms with Gasteiger partial charge in [-0.3, -0.25) is 5.31 Å². The van der Waals surface area contributed by atoms with E-state index in [0.717, 1.165) is 5.31 Å². The van der Waals surface area contributed by atoms with Crippen molar-refractivity contribution in [3.05, 3.63) is 0 Å². The van der Waals surface area contributed by atoms with E-state index >= 15 is 0 Å². The summed E-state index contributed by atoms with van der Waals surface area (Å²) in [6.45, 7) is -0.0128. The van der Waals surface area contributed by atoms with Gasteiger partial charge in [-0.1, -0.05) is 0 Å². The maximum absolute atomic E-state index is 7.94. The maximum atomic E-state index is 7.94. The summed E-state index contributed by atoms with van der Waals surface area (Å²) in [6.07, 6.45) is 0. The second kappa shape index (κ2) is 4.94. The van der Waals surface area contributed by atoms with Crippen LogP contribution < -0.4 is 5.31 Å². The van der Waals surface area contributed by atoms with Crippen LogP contribution in [0.25, 0.3) is 0 Å². The highest BCUT2D eigenvalue weighted by atomic mass is 14.8. The van der Waals surface area contributed by atoms with E-state index < -0.39 is 0 Å². The molecule has 0 aromatic rings. The molecule has 7 heavy (non-hydrogen) atoms. The largest absolute Gasteiger partial charge is 0.292 e. The monoisotopic (exact) mass is 96.1 g/mol. The van der Waals surface area contributed by atoms with E-state index in [9.17, 15) is 0 Å². The summed E-state index contributed by atoms with van der Waals surface area (Å²) in [5.41, 5.74) is 0. The van der Waals surface area contributed by atoms with E-state index in [1.807, 2.05) is 0 Å². The Morgan fingerprint density at radius 3 is 2.14 bits per heavy atom. The third-order valence-corrected chi connectivity index (χ3v) is 0.365. The third-order valence-electron chi connectivity index (χ3n) is 0.365. The fourth-order valence-electron chi connectivity index (χ4n) is 0.156. The van der Waals surface area contributed by atoms with Crippen LogP contribution in [0.4, 0.5) is 0 Å². The maximum Gasteiger partial charge on any atom is 0.124 e. The molecule has 0 atom stereocenters. The molecule has 3 heteroatoms. The van der Waals surface area contributed by atoms with Crippen molar-refractivity contribution in [1.82, 2.24) is 5.31 Å². The van der Waals surface area contributed by atoms with Crippen molar-refractivity contribution >= 4 is 0 Å². The zero-order chi connectivity index (χ0) is 6.41. The first kappa shape index (κ1) is 4.11. The second-order valence-corrected chi connectivity index (χ2v) is 0.856. The van der Waals surface area contributed by atoms with Crippen LogP contribution in [0, 0.1) is 22.7 Å². The number of rotatable bonds is 2. The molecule has 0 aliphatic carbocycles.